The molecular formula is C29H30O3. The maximum Gasteiger partial charge on any atom is 0.335 e. The van der Waals surface area contributed by atoms with Crippen LogP contribution in [0.2, 0.25) is 0 Å². The molecule has 1 unspecified atom stereocenters. The minimum atomic E-state index is -0.905. The highest BCUT2D eigenvalue weighted by Crippen LogP contribution is 2.65. The van der Waals surface area contributed by atoms with Crippen molar-refractivity contribution in [1.82, 2.24) is 0 Å². The van der Waals surface area contributed by atoms with Gasteiger partial charge >= 0.3 is 5.97 Å². The first-order valence-corrected chi connectivity index (χ1v) is 12.0. The molecule has 0 radical (unpaired) electrons. The maximum atomic E-state index is 11.3. The summed E-state index contributed by atoms with van der Waals surface area (Å²) in [6.07, 6.45) is 8.26. The fraction of sp³-hybridized carbons (Fsp3) is 0.414. The summed E-state index contributed by atoms with van der Waals surface area (Å²) in [5.41, 5.74) is 3.95. The molecule has 3 heteroatoms. The molecule has 3 aromatic rings. The first-order valence-electron chi connectivity index (χ1n) is 12.0. The average Bonchev–Trinajstić information content (AvgIpc) is 2.77. The average molecular weight is 427 g/mol. The normalized spacial score (nSPS) is 29.3. The number of hydrogen-bond acceptors (Lipinski definition) is 2. The number of carboxylic acid groups (broad SMARTS) is 1. The number of carboxylic acids is 1. The van der Waals surface area contributed by atoms with Crippen LogP contribution in [0.5, 0.6) is 5.75 Å². The predicted molar refractivity (Wildman–Crippen MR) is 127 cm³/mol. The van der Waals surface area contributed by atoms with E-state index in [1.807, 2.05) is 24.3 Å². The van der Waals surface area contributed by atoms with E-state index in [1.54, 1.807) is 12.1 Å². The van der Waals surface area contributed by atoms with E-state index in [0.717, 1.165) is 45.2 Å². The Morgan fingerprint density at radius 3 is 2.06 bits per heavy atom. The molecule has 0 aromatic heterocycles. The molecule has 0 heterocycles. The number of benzene rings is 3. The second kappa shape index (κ2) is 7.10. The van der Waals surface area contributed by atoms with Crippen molar-refractivity contribution < 1.29 is 15.0 Å². The van der Waals surface area contributed by atoms with Crippen molar-refractivity contribution in [3.63, 3.8) is 0 Å². The van der Waals surface area contributed by atoms with Gasteiger partial charge in [-0.05, 0) is 125 Å². The largest absolute Gasteiger partial charge is 0.508 e. The van der Waals surface area contributed by atoms with Crippen LogP contribution in [-0.4, -0.2) is 16.2 Å². The third-order valence-corrected chi connectivity index (χ3v) is 8.92. The van der Waals surface area contributed by atoms with E-state index in [1.165, 1.54) is 38.5 Å². The molecule has 0 saturated heterocycles. The van der Waals surface area contributed by atoms with E-state index in [4.69, 9.17) is 0 Å². The van der Waals surface area contributed by atoms with E-state index >= 15 is 0 Å². The van der Waals surface area contributed by atoms with Crippen LogP contribution >= 0.6 is 0 Å². The Bertz CT molecular complexity index is 1190. The van der Waals surface area contributed by atoms with Gasteiger partial charge in [-0.15, -0.1) is 0 Å². The van der Waals surface area contributed by atoms with Crippen LogP contribution < -0.4 is 0 Å². The molecule has 0 spiro atoms. The lowest BCUT2D eigenvalue weighted by Crippen LogP contribution is -2.48. The van der Waals surface area contributed by atoms with Crippen LogP contribution in [0.25, 0.3) is 21.9 Å². The van der Waals surface area contributed by atoms with Gasteiger partial charge in [-0.25, -0.2) is 4.79 Å². The number of rotatable bonds is 4. The van der Waals surface area contributed by atoms with Gasteiger partial charge in [-0.3, -0.25) is 0 Å². The Kier molecular flexibility index (Phi) is 4.40. The number of aromatic carboxylic acids is 1. The van der Waals surface area contributed by atoms with E-state index in [0.29, 0.717) is 22.6 Å². The summed E-state index contributed by atoms with van der Waals surface area (Å²) in [7, 11) is 0. The zero-order valence-corrected chi connectivity index (χ0v) is 18.6. The van der Waals surface area contributed by atoms with Crippen molar-refractivity contribution in [2.75, 3.05) is 0 Å². The van der Waals surface area contributed by atoms with Crippen molar-refractivity contribution in [1.29, 1.82) is 0 Å². The van der Waals surface area contributed by atoms with Gasteiger partial charge in [0.25, 0.3) is 0 Å². The molecule has 4 fully saturated rings. The second-order valence-corrected chi connectivity index (χ2v) is 10.9. The Morgan fingerprint density at radius 1 is 0.844 bits per heavy atom. The quantitative estimate of drug-likeness (QED) is 0.463. The van der Waals surface area contributed by atoms with E-state index < -0.39 is 5.97 Å². The molecule has 4 aliphatic carbocycles. The standard InChI is InChI=1S/C29H30O3/c1-17(29-14-18-8-19(15-29)10-20(9-18)16-29)26-13-24(6-7-27(26)30)22-2-3-23-12-25(28(31)32)5-4-21(23)11-22/h2-7,11-13,17-20,30H,8-10,14-16H2,1H3,(H,31,32). The summed E-state index contributed by atoms with van der Waals surface area (Å²) in [4.78, 5) is 11.3. The fourth-order valence-electron chi connectivity index (χ4n) is 7.68. The third kappa shape index (κ3) is 3.13. The highest BCUT2D eigenvalue weighted by atomic mass is 16.4. The molecule has 4 aliphatic rings. The summed E-state index contributed by atoms with van der Waals surface area (Å²) < 4.78 is 0. The molecule has 3 aromatic carbocycles. The Labute approximate surface area is 189 Å². The zero-order valence-electron chi connectivity index (χ0n) is 18.6. The summed E-state index contributed by atoms with van der Waals surface area (Å²) >= 11 is 0. The smallest absolute Gasteiger partial charge is 0.335 e. The summed E-state index contributed by atoms with van der Waals surface area (Å²) in [5.74, 6) is 2.55. The summed E-state index contributed by atoms with van der Waals surface area (Å²) in [5, 5.41) is 22.1. The third-order valence-electron chi connectivity index (χ3n) is 8.92. The molecule has 1 atom stereocenters. The first-order chi connectivity index (χ1) is 15.4. The first kappa shape index (κ1) is 19.8. The van der Waals surface area contributed by atoms with Crippen molar-refractivity contribution >= 4 is 16.7 Å². The lowest BCUT2D eigenvalue weighted by atomic mass is 9.46. The van der Waals surface area contributed by atoms with Gasteiger partial charge in [0.05, 0.1) is 5.56 Å². The van der Waals surface area contributed by atoms with Crippen LogP contribution in [0.3, 0.4) is 0 Å². The monoisotopic (exact) mass is 426 g/mol. The summed E-state index contributed by atoms with van der Waals surface area (Å²) in [6.45, 7) is 2.35. The van der Waals surface area contributed by atoms with Crippen LogP contribution in [0.4, 0.5) is 0 Å². The molecule has 0 amide bonds. The zero-order chi connectivity index (χ0) is 22.0. The van der Waals surface area contributed by atoms with Gasteiger partial charge in [-0.1, -0.05) is 31.2 Å². The molecular weight excluding hydrogens is 396 g/mol. The number of phenols is 1. The maximum absolute atomic E-state index is 11.3. The van der Waals surface area contributed by atoms with Gasteiger partial charge in [-0.2, -0.15) is 0 Å². The second-order valence-electron chi connectivity index (χ2n) is 10.9. The molecule has 4 saturated carbocycles. The van der Waals surface area contributed by atoms with Crippen LogP contribution in [0.1, 0.15) is 67.3 Å². The minimum Gasteiger partial charge on any atom is -0.508 e. The van der Waals surface area contributed by atoms with E-state index in [-0.39, 0.29) is 0 Å². The highest BCUT2D eigenvalue weighted by molar-refractivity contribution is 5.95. The lowest BCUT2D eigenvalue weighted by Gasteiger charge is -2.59. The van der Waals surface area contributed by atoms with Crippen molar-refractivity contribution in [3.8, 4) is 16.9 Å². The highest BCUT2D eigenvalue weighted by Gasteiger charge is 2.53. The van der Waals surface area contributed by atoms with E-state index in [9.17, 15) is 15.0 Å². The van der Waals surface area contributed by atoms with Crippen molar-refractivity contribution in [2.45, 2.75) is 51.4 Å². The van der Waals surface area contributed by atoms with Crippen LogP contribution in [-0.2, 0) is 0 Å². The minimum absolute atomic E-state index is 0.307. The SMILES string of the molecule is CC(c1cc(-c2ccc3cc(C(=O)O)ccc3c2)ccc1O)C12CC3CC(CC(C3)C1)C2. The molecule has 7 rings (SSSR count). The number of fused-ring (bicyclic) bond motifs is 1. The van der Waals surface area contributed by atoms with Gasteiger partial charge < -0.3 is 10.2 Å². The van der Waals surface area contributed by atoms with Crippen LogP contribution in [0.15, 0.2) is 54.6 Å². The number of phenolic OH excluding ortho intramolecular Hbond substituents is 1. The molecule has 164 valence electrons. The molecule has 32 heavy (non-hydrogen) atoms. The fourth-order valence-corrected chi connectivity index (χ4v) is 7.68. The number of hydrogen-bond donors (Lipinski definition) is 2. The van der Waals surface area contributed by atoms with Gasteiger partial charge in [0.2, 0.25) is 0 Å². The lowest BCUT2D eigenvalue weighted by molar-refractivity contribution is -0.0658. The number of aromatic hydroxyl groups is 1. The molecule has 2 N–H and O–H groups in total. The van der Waals surface area contributed by atoms with Gasteiger partial charge in [0.15, 0.2) is 0 Å². The van der Waals surface area contributed by atoms with Gasteiger partial charge in [0, 0.05) is 0 Å². The Balaban J connectivity index is 1.36. The van der Waals surface area contributed by atoms with E-state index in [2.05, 4.69) is 25.1 Å². The molecule has 0 aliphatic heterocycles. The predicted octanol–water partition coefficient (Wildman–Crippen LogP) is 7.23. The van der Waals surface area contributed by atoms with Gasteiger partial charge in [0.1, 0.15) is 5.75 Å². The Hall–Kier alpha value is -2.81. The topological polar surface area (TPSA) is 57.5 Å². The van der Waals surface area contributed by atoms with Crippen molar-refractivity contribution in [2.24, 2.45) is 23.2 Å². The molecule has 4 bridgehead atoms. The summed E-state index contributed by atoms with van der Waals surface area (Å²) in [6, 6.07) is 17.5. The van der Waals surface area contributed by atoms with Crippen LogP contribution in [0, 0.1) is 23.2 Å². The Morgan fingerprint density at radius 2 is 1.41 bits per heavy atom. The number of carbonyl (C=O) groups is 1. The molecule has 3 nitrogen and oxygen atoms in total. The van der Waals surface area contributed by atoms with Crippen molar-refractivity contribution in [3.05, 3.63) is 65.7 Å².